The van der Waals surface area contributed by atoms with E-state index in [0.29, 0.717) is 12.3 Å². The van der Waals surface area contributed by atoms with Crippen LogP contribution in [0.15, 0.2) is 47.4 Å². The SMILES string of the molecule is COc1cc(CN)ccc1NS(=O)(=O)c1ccccc1F. The molecule has 21 heavy (non-hydrogen) atoms. The van der Waals surface area contributed by atoms with E-state index in [0.717, 1.165) is 11.6 Å². The molecule has 0 atom stereocenters. The molecule has 0 aliphatic carbocycles. The molecular weight excluding hydrogens is 295 g/mol. The number of anilines is 1. The molecule has 5 nitrogen and oxygen atoms in total. The minimum absolute atomic E-state index is 0.220. The van der Waals surface area contributed by atoms with E-state index in [1.165, 1.54) is 31.4 Å². The first-order chi connectivity index (χ1) is 9.97. The smallest absolute Gasteiger partial charge is 0.264 e. The maximum atomic E-state index is 13.6. The Morgan fingerprint density at radius 2 is 1.95 bits per heavy atom. The molecule has 0 heterocycles. The van der Waals surface area contributed by atoms with Crippen LogP contribution in [-0.2, 0) is 16.6 Å². The molecule has 0 spiro atoms. The van der Waals surface area contributed by atoms with E-state index >= 15 is 0 Å². The summed E-state index contributed by atoms with van der Waals surface area (Å²) in [4.78, 5) is -0.421. The summed E-state index contributed by atoms with van der Waals surface area (Å²) in [6, 6.07) is 9.97. The largest absolute Gasteiger partial charge is 0.495 e. The molecule has 2 rings (SSSR count). The lowest BCUT2D eigenvalue weighted by molar-refractivity contribution is 0.416. The number of ether oxygens (including phenoxy) is 1. The number of nitrogens with one attached hydrogen (secondary N) is 1. The van der Waals surface area contributed by atoms with Gasteiger partial charge in [0.25, 0.3) is 10.0 Å². The Kier molecular flexibility index (Phi) is 4.44. The Morgan fingerprint density at radius 3 is 2.57 bits per heavy atom. The van der Waals surface area contributed by atoms with Crippen molar-refractivity contribution >= 4 is 15.7 Å². The lowest BCUT2D eigenvalue weighted by Gasteiger charge is -2.13. The first kappa shape index (κ1) is 15.3. The molecule has 0 bridgehead atoms. The molecule has 0 aromatic heterocycles. The van der Waals surface area contributed by atoms with E-state index in [1.807, 2.05) is 0 Å². The van der Waals surface area contributed by atoms with Crippen molar-refractivity contribution in [1.82, 2.24) is 0 Å². The Balaban J connectivity index is 2.40. The summed E-state index contributed by atoms with van der Waals surface area (Å²) in [6.07, 6.45) is 0. The molecule has 3 N–H and O–H groups in total. The summed E-state index contributed by atoms with van der Waals surface area (Å²) in [5.74, 6) is -0.500. The van der Waals surface area contributed by atoms with Crippen LogP contribution in [-0.4, -0.2) is 15.5 Å². The fourth-order valence-corrected chi connectivity index (χ4v) is 2.96. The van der Waals surface area contributed by atoms with Gasteiger partial charge in [0, 0.05) is 6.54 Å². The van der Waals surface area contributed by atoms with Gasteiger partial charge in [0.2, 0.25) is 0 Å². The van der Waals surface area contributed by atoms with Gasteiger partial charge in [-0.2, -0.15) is 0 Å². The fraction of sp³-hybridized carbons (Fsp3) is 0.143. The predicted molar refractivity (Wildman–Crippen MR) is 78.1 cm³/mol. The maximum Gasteiger partial charge on any atom is 0.264 e. The molecule has 0 amide bonds. The number of nitrogens with two attached hydrogens (primary N) is 1. The van der Waals surface area contributed by atoms with E-state index in [2.05, 4.69) is 4.72 Å². The topological polar surface area (TPSA) is 81.4 Å². The third kappa shape index (κ3) is 3.32. The van der Waals surface area contributed by atoms with Crippen LogP contribution < -0.4 is 15.2 Å². The van der Waals surface area contributed by atoms with E-state index in [-0.39, 0.29) is 5.69 Å². The zero-order chi connectivity index (χ0) is 15.5. The van der Waals surface area contributed by atoms with Gasteiger partial charge >= 0.3 is 0 Å². The molecule has 2 aromatic rings. The van der Waals surface area contributed by atoms with Crippen LogP contribution in [0.3, 0.4) is 0 Å². The van der Waals surface area contributed by atoms with Crippen LogP contribution in [0.5, 0.6) is 5.75 Å². The molecule has 0 unspecified atom stereocenters. The number of rotatable bonds is 5. The number of benzene rings is 2. The molecule has 2 aromatic carbocycles. The van der Waals surface area contributed by atoms with Crippen molar-refractivity contribution in [3.8, 4) is 5.75 Å². The van der Waals surface area contributed by atoms with Gasteiger partial charge in [-0.3, -0.25) is 4.72 Å². The first-order valence-electron chi connectivity index (χ1n) is 6.12. The average Bonchev–Trinajstić information content (AvgIpc) is 2.47. The van der Waals surface area contributed by atoms with Crippen molar-refractivity contribution in [1.29, 1.82) is 0 Å². The van der Waals surface area contributed by atoms with Gasteiger partial charge < -0.3 is 10.5 Å². The molecular formula is C14H15FN2O3S. The summed E-state index contributed by atoms with van der Waals surface area (Å²) >= 11 is 0. The second-order valence-corrected chi connectivity index (χ2v) is 5.93. The molecule has 0 aliphatic heterocycles. The predicted octanol–water partition coefficient (Wildman–Crippen LogP) is 2.09. The van der Waals surface area contributed by atoms with Crippen LogP contribution in [0.1, 0.15) is 5.56 Å². The highest BCUT2D eigenvalue weighted by atomic mass is 32.2. The average molecular weight is 310 g/mol. The van der Waals surface area contributed by atoms with Gasteiger partial charge in [-0.05, 0) is 29.8 Å². The van der Waals surface area contributed by atoms with E-state index in [1.54, 1.807) is 12.1 Å². The van der Waals surface area contributed by atoms with E-state index in [4.69, 9.17) is 10.5 Å². The van der Waals surface area contributed by atoms with E-state index < -0.39 is 20.7 Å². The lowest BCUT2D eigenvalue weighted by atomic mass is 10.2. The molecule has 0 saturated heterocycles. The Hall–Kier alpha value is -2.12. The van der Waals surface area contributed by atoms with Crippen LogP contribution in [0.2, 0.25) is 0 Å². The third-order valence-corrected chi connectivity index (χ3v) is 4.27. The highest BCUT2D eigenvalue weighted by molar-refractivity contribution is 7.92. The number of hydrogen-bond acceptors (Lipinski definition) is 4. The molecule has 112 valence electrons. The molecule has 0 aliphatic rings. The van der Waals surface area contributed by atoms with Gasteiger partial charge in [0.1, 0.15) is 16.5 Å². The van der Waals surface area contributed by atoms with E-state index in [9.17, 15) is 12.8 Å². The van der Waals surface area contributed by atoms with Gasteiger partial charge in [-0.25, -0.2) is 12.8 Å². The van der Waals surface area contributed by atoms with Gasteiger partial charge in [0.05, 0.1) is 12.8 Å². The van der Waals surface area contributed by atoms with Crippen molar-refractivity contribution in [2.24, 2.45) is 5.73 Å². The summed E-state index contributed by atoms with van der Waals surface area (Å²) in [5.41, 5.74) is 6.53. The molecule has 0 fully saturated rings. The zero-order valence-corrected chi connectivity index (χ0v) is 12.2. The van der Waals surface area contributed by atoms with Crippen LogP contribution in [0.25, 0.3) is 0 Å². The Bertz CT molecular complexity index is 748. The molecule has 0 saturated carbocycles. The highest BCUT2D eigenvalue weighted by Gasteiger charge is 2.20. The monoisotopic (exact) mass is 310 g/mol. The second-order valence-electron chi connectivity index (χ2n) is 4.27. The number of methoxy groups -OCH3 is 1. The van der Waals surface area contributed by atoms with Crippen LogP contribution >= 0.6 is 0 Å². The zero-order valence-electron chi connectivity index (χ0n) is 11.3. The van der Waals surface area contributed by atoms with Gasteiger partial charge in [-0.15, -0.1) is 0 Å². The summed E-state index contributed by atoms with van der Waals surface area (Å²) in [6.45, 7) is 0.302. The quantitative estimate of drug-likeness (QED) is 0.886. The Labute approximate surface area is 122 Å². The van der Waals surface area contributed by atoms with Gasteiger partial charge in [-0.1, -0.05) is 18.2 Å². The first-order valence-corrected chi connectivity index (χ1v) is 7.60. The third-order valence-electron chi connectivity index (χ3n) is 2.87. The number of hydrogen-bond donors (Lipinski definition) is 2. The second kappa shape index (κ2) is 6.11. The van der Waals surface area contributed by atoms with Crippen molar-refractivity contribution in [2.45, 2.75) is 11.4 Å². The number of sulfonamides is 1. The summed E-state index contributed by atoms with van der Waals surface area (Å²) < 4.78 is 45.5. The normalized spacial score (nSPS) is 11.2. The van der Waals surface area contributed by atoms with Crippen molar-refractivity contribution in [2.75, 3.05) is 11.8 Å². The van der Waals surface area contributed by atoms with Crippen LogP contribution in [0, 0.1) is 5.82 Å². The lowest BCUT2D eigenvalue weighted by Crippen LogP contribution is -2.15. The molecule has 7 heteroatoms. The maximum absolute atomic E-state index is 13.6. The summed E-state index contributed by atoms with van der Waals surface area (Å²) in [5, 5.41) is 0. The van der Waals surface area contributed by atoms with Crippen LogP contribution in [0.4, 0.5) is 10.1 Å². The minimum Gasteiger partial charge on any atom is -0.495 e. The van der Waals surface area contributed by atoms with Crippen molar-refractivity contribution < 1.29 is 17.5 Å². The summed E-state index contributed by atoms with van der Waals surface area (Å²) in [7, 11) is -2.62. The van der Waals surface area contributed by atoms with Crippen molar-refractivity contribution in [3.05, 3.63) is 53.8 Å². The van der Waals surface area contributed by atoms with Gasteiger partial charge in [0.15, 0.2) is 0 Å². The molecule has 0 radical (unpaired) electrons. The minimum atomic E-state index is -4.03. The highest BCUT2D eigenvalue weighted by Crippen LogP contribution is 2.28. The Morgan fingerprint density at radius 1 is 1.24 bits per heavy atom. The van der Waals surface area contributed by atoms with Crippen molar-refractivity contribution in [3.63, 3.8) is 0 Å². The fourth-order valence-electron chi connectivity index (χ4n) is 1.81. The number of halogens is 1. The standard InChI is InChI=1S/C14H15FN2O3S/c1-20-13-8-10(9-16)6-7-12(13)17-21(18,19)14-5-3-2-4-11(14)15/h2-8,17H,9,16H2,1H3.